The van der Waals surface area contributed by atoms with Crippen molar-refractivity contribution in [3.63, 3.8) is 0 Å². The molecule has 2 amide bonds. The van der Waals surface area contributed by atoms with Gasteiger partial charge in [-0.3, -0.25) is 9.67 Å². The monoisotopic (exact) mass is 401 g/mol. The first-order valence-electron chi connectivity index (χ1n) is 9.95. The number of nitrogens with one attached hydrogen (secondary N) is 2. The molecule has 2 aromatic rings. The molecule has 3 heterocycles. The summed E-state index contributed by atoms with van der Waals surface area (Å²) in [4.78, 5) is 17.5. The zero-order chi connectivity index (χ0) is 19.3. The van der Waals surface area contributed by atoms with Crippen LogP contribution < -0.4 is 10.0 Å². The lowest BCUT2D eigenvalue weighted by Crippen LogP contribution is -2.35. The Morgan fingerprint density at radius 3 is 2.39 bits per heavy atom. The lowest BCUT2D eigenvalue weighted by atomic mass is 10.1. The van der Waals surface area contributed by atoms with E-state index in [1.165, 1.54) is 6.20 Å². The van der Waals surface area contributed by atoms with Crippen molar-refractivity contribution in [2.45, 2.75) is 69.2 Å². The summed E-state index contributed by atoms with van der Waals surface area (Å²) in [6.45, 7) is 0.715. The minimum Gasteiger partial charge on any atom is -0.306 e. The molecular formula is C19H23N5O3S. The number of urea groups is 1. The summed E-state index contributed by atoms with van der Waals surface area (Å²) in [6.07, 6.45) is 9.52. The molecule has 148 valence electrons. The van der Waals surface area contributed by atoms with Crippen molar-refractivity contribution >= 4 is 21.7 Å². The number of sulfonamides is 1. The molecular weight excluding hydrogens is 378 g/mol. The summed E-state index contributed by atoms with van der Waals surface area (Å²) < 4.78 is 29.5. The first-order valence-corrected chi connectivity index (χ1v) is 11.4. The second-order valence-corrected chi connectivity index (χ2v) is 9.39. The second-order valence-electron chi connectivity index (χ2n) is 7.74. The van der Waals surface area contributed by atoms with E-state index in [1.54, 1.807) is 4.68 Å². The maximum Gasteiger partial charge on any atom is 0.333 e. The standard InChI is InChI=1S/C19H23N5O3S/c25-19(23-28(26,27)17-11-20-24-10-2-1-9-16(17)24)22-18-12-5-3-7-14(12)21-15-8-4-6-13(15)18/h11H,1-10H2,(H2,21,22,23,25). The number of hydrogen-bond acceptors (Lipinski definition) is 5. The Kier molecular flexibility index (Phi) is 4.15. The zero-order valence-electron chi connectivity index (χ0n) is 15.6. The fourth-order valence-electron chi connectivity index (χ4n) is 4.67. The van der Waals surface area contributed by atoms with Gasteiger partial charge in [-0.25, -0.2) is 17.9 Å². The average molecular weight is 401 g/mol. The third-order valence-corrected chi connectivity index (χ3v) is 7.32. The van der Waals surface area contributed by atoms with Crippen molar-refractivity contribution in [2.24, 2.45) is 0 Å². The van der Waals surface area contributed by atoms with Crippen LogP contribution in [0.5, 0.6) is 0 Å². The Bertz CT molecular complexity index is 1040. The highest BCUT2D eigenvalue weighted by atomic mass is 32.2. The van der Waals surface area contributed by atoms with Gasteiger partial charge in [0.15, 0.2) is 0 Å². The van der Waals surface area contributed by atoms with Gasteiger partial charge < -0.3 is 5.32 Å². The molecule has 0 bridgehead atoms. The number of nitrogens with zero attached hydrogens (tertiary/aromatic N) is 3. The molecule has 3 aliphatic rings. The van der Waals surface area contributed by atoms with E-state index in [9.17, 15) is 13.2 Å². The highest BCUT2D eigenvalue weighted by Gasteiger charge is 2.29. The van der Waals surface area contributed by atoms with Crippen molar-refractivity contribution in [3.05, 3.63) is 34.4 Å². The van der Waals surface area contributed by atoms with Crippen LogP contribution in [0.1, 0.15) is 53.9 Å². The van der Waals surface area contributed by atoms with Gasteiger partial charge in [-0.15, -0.1) is 0 Å². The number of rotatable bonds is 3. The molecule has 2 N–H and O–H groups in total. The minimum atomic E-state index is -3.97. The molecule has 9 heteroatoms. The maximum absolute atomic E-state index is 12.8. The number of aryl methyl sites for hydroxylation is 3. The van der Waals surface area contributed by atoms with Crippen LogP contribution in [-0.2, 0) is 48.7 Å². The van der Waals surface area contributed by atoms with Gasteiger partial charge in [0.25, 0.3) is 10.0 Å². The van der Waals surface area contributed by atoms with E-state index in [4.69, 9.17) is 4.98 Å². The van der Waals surface area contributed by atoms with Crippen LogP contribution in [0.25, 0.3) is 0 Å². The summed E-state index contributed by atoms with van der Waals surface area (Å²) in [5.74, 6) is 0. The fourth-order valence-corrected chi connectivity index (χ4v) is 5.78. The molecule has 5 rings (SSSR count). The van der Waals surface area contributed by atoms with Crippen LogP contribution in [-0.4, -0.2) is 29.2 Å². The van der Waals surface area contributed by atoms with Gasteiger partial charge in [0.05, 0.1) is 17.6 Å². The van der Waals surface area contributed by atoms with Gasteiger partial charge in [-0.05, 0) is 68.9 Å². The van der Waals surface area contributed by atoms with Gasteiger partial charge in [0.1, 0.15) is 4.90 Å². The molecule has 0 spiro atoms. The zero-order valence-corrected chi connectivity index (χ0v) is 16.4. The molecule has 2 aliphatic carbocycles. The van der Waals surface area contributed by atoms with Crippen LogP contribution in [0.4, 0.5) is 10.5 Å². The third kappa shape index (κ3) is 2.88. The Labute approximate surface area is 163 Å². The molecule has 8 nitrogen and oxygen atoms in total. The summed E-state index contributed by atoms with van der Waals surface area (Å²) in [5, 5.41) is 7.01. The summed E-state index contributed by atoms with van der Waals surface area (Å²) in [7, 11) is -3.97. The topological polar surface area (TPSA) is 106 Å². The van der Waals surface area contributed by atoms with E-state index < -0.39 is 16.1 Å². The second kappa shape index (κ2) is 6.58. The molecule has 0 saturated heterocycles. The van der Waals surface area contributed by atoms with Gasteiger partial charge in [-0.2, -0.15) is 5.10 Å². The highest BCUT2D eigenvalue weighted by Crippen LogP contribution is 2.36. The number of aromatic nitrogens is 3. The van der Waals surface area contributed by atoms with E-state index in [2.05, 4.69) is 15.1 Å². The average Bonchev–Trinajstić information content (AvgIpc) is 3.39. The van der Waals surface area contributed by atoms with Crippen LogP contribution in [0, 0.1) is 0 Å². The first-order chi connectivity index (χ1) is 13.5. The molecule has 0 saturated carbocycles. The number of carbonyl (C=O) groups is 1. The number of pyridine rings is 1. The molecule has 0 atom stereocenters. The molecule has 0 fully saturated rings. The van der Waals surface area contributed by atoms with Crippen molar-refractivity contribution in [2.75, 3.05) is 5.32 Å². The van der Waals surface area contributed by atoms with Crippen molar-refractivity contribution in [3.8, 4) is 0 Å². The van der Waals surface area contributed by atoms with E-state index in [0.717, 1.165) is 79.6 Å². The molecule has 2 aromatic heterocycles. The van der Waals surface area contributed by atoms with Crippen molar-refractivity contribution in [1.82, 2.24) is 19.5 Å². The lowest BCUT2D eigenvalue weighted by molar-refractivity contribution is 0.256. The van der Waals surface area contributed by atoms with Crippen LogP contribution in [0.3, 0.4) is 0 Å². The van der Waals surface area contributed by atoms with Gasteiger partial charge in [-0.1, -0.05) is 0 Å². The first kappa shape index (κ1) is 17.7. The predicted octanol–water partition coefficient (Wildman–Crippen LogP) is 2.10. The fraction of sp³-hybridized carbons (Fsp3) is 0.526. The summed E-state index contributed by atoms with van der Waals surface area (Å²) in [6, 6.07) is -0.717. The van der Waals surface area contributed by atoms with Crippen LogP contribution in [0.15, 0.2) is 11.1 Å². The van der Waals surface area contributed by atoms with Crippen LogP contribution in [0.2, 0.25) is 0 Å². The van der Waals surface area contributed by atoms with Gasteiger partial charge in [0, 0.05) is 17.9 Å². The Morgan fingerprint density at radius 2 is 1.68 bits per heavy atom. The van der Waals surface area contributed by atoms with Gasteiger partial charge >= 0.3 is 6.03 Å². The Hall–Kier alpha value is -2.42. The SMILES string of the molecule is O=C(Nc1c2c(nc3c1CCC3)CCC2)NS(=O)(=O)c1cnn2c1CCCC2. The number of fused-ring (bicyclic) bond motifs is 3. The normalized spacial score (nSPS) is 17.7. The lowest BCUT2D eigenvalue weighted by Gasteiger charge is -2.17. The van der Waals surface area contributed by atoms with E-state index in [-0.39, 0.29) is 4.90 Å². The van der Waals surface area contributed by atoms with Gasteiger partial charge in [0.2, 0.25) is 0 Å². The molecule has 1 aliphatic heterocycles. The highest BCUT2D eigenvalue weighted by molar-refractivity contribution is 7.90. The molecule has 0 unspecified atom stereocenters. The van der Waals surface area contributed by atoms with E-state index in [0.29, 0.717) is 18.7 Å². The molecule has 28 heavy (non-hydrogen) atoms. The van der Waals surface area contributed by atoms with E-state index >= 15 is 0 Å². The predicted molar refractivity (Wildman–Crippen MR) is 103 cm³/mol. The Morgan fingerprint density at radius 1 is 0.964 bits per heavy atom. The van der Waals surface area contributed by atoms with E-state index in [1.807, 2.05) is 0 Å². The number of amides is 2. The maximum atomic E-state index is 12.8. The van der Waals surface area contributed by atoms with Crippen molar-refractivity contribution in [1.29, 1.82) is 0 Å². The quantitative estimate of drug-likeness (QED) is 0.819. The van der Waals surface area contributed by atoms with Crippen LogP contribution >= 0.6 is 0 Å². The Balaban J connectivity index is 1.41. The van der Waals surface area contributed by atoms with Crippen molar-refractivity contribution < 1.29 is 13.2 Å². The molecule has 0 radical (unpaired) electrons. The minimum absolute atomic E-state index is 0.104. The largest absolute Gasteiger partial charge is 0.333 e. The number of anilines is 1. The summed E-state index contributed by atoms with van der Waals surface area (Å²) in [5.41, 5.74) is 5.68. The number of hydrogen-bond donors (Lipinski definition) is 2. The number of carbonyl (C=O) groups excluding carboxylic acids is 1. The third-order valence-electron chi connectivity index (χ3n) is 5.95. The summed E-state index contributed by atoms with van der Waals surface area (Å²) >= 11 is 0. The molecule has 0 aromatic carbocycles. The smallest absolute Gasteiger partial charge is 0.306 e.